The van der Waals surface area contributed by atoms with Gasteiger partial charge in [0.2, 0.25) is 12.4 Å². The van der Waals surface area contributed by atoms with Crippen molar-refractivity contribution in [3.63, 3.8) is 0 Å². The van der Waals surface area contributed by atoms with Crippen LogP contribution in [0, 0.1) is 11.8 Å². The first-order chi connectivity index (χ1) is 24.3. The minimum absolute atomic E-state index is 0.0411. The summed E-state index contributed by atoms with van der Waals surface area (Å²) < 4.78 is 17.2. The molecule has 9 atom stereocenters. The Morgan fingerprint density at radius 3 is 2.51 bits per heavy atom. The van der Waals surface area contributed by atoms with Crippen molar-refractivity contribution in [1.82, 2.24) is 10.6 Å². The Kier molecular flexibility index (Phi) is 11.7. The molecule has 16 heteroatoms. The first-order valence-corrected chi connectivity index (χ1v) is 16.5. The zero-order valence-electron chi connectivity index (χ0n) is 28.0. The highest BCUT2D eigenvalue weighted by molar-refractivity contribution is 6.03. The van der Waals surface area contributed by atoms with Crippen LogP contribution in [0.3, 0.4) is 0 Å². The van der Waals surface area contributed by atoms with E-state index in [1.807, 2.05) is 20.0 Å². The van der Waals surface area contributed by atoms with Crippen molar-refractivity contribution >= 4 is 29.4 Å². The second-order valence-corrected chi connectivity index (χ2v) is 13.0. The average Bonchev–Trinajstić information content (AvgIpc) is 3.62. The molecule has 3 aliphatic rings. The third kappa shape index (κ3) is 7.86. The number of amides is 1. The van der Waals surface area contributed by atoms with Crippen LogP contribution in [-0.4, -0.2) is 123 Å². The number of benzene rings is 2. The fourth-order valence-corrected chi connectivity index (χ4v) is 6.44. The summed E-state index contributed by atoms with van der Waals surface area (Å²) in [4.78, 5) is 28.7. The topological polar surface area (TPSA) is 266 Å². The number of ether oxygens (including phenoxy) is 3. The number of primary amides is 1. The van der Waals surface area contributed by atoms with Crippen LogP contribution in [-0.2, 0) is 14.3 Å². The highest BCUT2D eigenvalue weighted by atomic mass is 16.7. The standard InChI is InChI=1S/C35H44N4O12/c1-17(9-11-37-2)20(13-18-10-12-38-15-18)16-39-33(47)35(48)30(43)27(42)29(32(45)46)51-34(35)49-22-7-8-23-24(14-22)50-28(31(36)44)25(26(23)41)19-3-5-21(40)6-4-19/h3-8,10,14-15,17,20,27-30,33-34,37,39-43,47-48H,9,11-13,16H2,1-2H3,(H2,36,44)(H,45,46)/t17-,20-,27+,28?,29-,30-,33+,34+,35-/m0/s1. The van der Waals surface area contributed by atoms with Crippen LogP contribution in [0.1, 0.15) is 30.9 Å². The van der Waals surface area contributed by atoms with Gasteiger partial charge in [-0.15, -0.1) is 0 Å². The van der Waals surface area contributed by atoms with Gasteiger partial charge >= 0.3 is 5.97 Å². The molecule has 276 valence electrons. The van der Waals surface area contributed by atoms with Gasteiger partial charge in [-0.3, -0.25) is 15.1 Å². The van der Waals surface area contributed by atoms with Crippen LogP contribution in [0.25, 0.3) is 11.3 Å². The number of aliphatic carboxylic acids is 1. The molecule has 0 bridgehead atoms. The molecule has 1 unspecified atom stereocenters. The molecule has 1 saturated heterocycles. The summed E-state index contributed by atoms with van der Waals surface area (Å²) in [5.41, 5.74) is 4.29. The fraction of sp³-hybridized carbons (Fsp3) is 0.457. The molecule has 1 amide bonds. The number of allylic oxidation sites excluding steroid dienone is 1. The lowest BCUT2D eigenvalue weighted by molar-refractivity contribution is -0.338. The van der Waals surface area contributed by atoms with E-state index >= 15 is 0 Å². The second kappa shape index (κ2) is 15.8. The van der Waals surface area contributed by atoms with E-state index in [4.69, 9.17) is 19.9 Å². The molecule has 51 heavy (non-hydrogen) atoms. The van der Waals surface area contributed by atoms with Crippen LogP contribution >= 0.6 is 0 Å². The molecule has 1 fully saturated rings. The SMILES string of the molecule is CNCC[C@H](C)[C@H](CN[C@H](O)[C@]1(O)[C@H](Oc2ccc3c(c2)OC(C(N)=O)C(c2ccc(O)cc2)=C3O)O[C@H](C(=O)O)[C@@H](O)[C@@H]1O)CC1=CCN=C1. The molecule has 0 aromatic heterocycles. The Labute approximate surface area is 293 Å². The summed E-state index contributed by atoms with van der Waals surface area (Å²) in [5, 5.41) is 81.7. The quantitative estimate of drug-likeness (QED) is 0.108. The van der Waals surface area contributed by atoms with E-state index in [0.29, 0.717) is 18.5 Å². The molecule has 2 aromatic carbocycles. The van der Waals surface area contributed by atoms with Gasteiger partial charge in [0.25, 0.3) is 5.91 Å². The van der Waals surface area contributed by atoms with E-state index in [-0.39, 0.29) is 52.5 Å². The number of hydrogen-bond donors (Lipinski definition) is 10. The van der Waals surface area contributed by atoms with Crippen molar-refractivity contribution in [2.24, 2.45) is 22.6 Å². The minimum Gasteiger partial charge on any atom is -0.508 e. The lowest BCUT2D eigenvalue weighted by atomic mass is 9.83. The molecule has 11 N–H and O–H groups in total. The first-order valence-electron chi connectivity index (χ1n) is 16.5. The summed E-state index contributed by atoms with van der Waals surface area (Å²) >= 11 is 0. The maximum Gasteiger partial charge on any atom is 0.335 e. The van der Waals surface area contributed by atoms with Crippen molar-refractivity contribution in [1.29, 1.82) is 0 Å². The number of aliphatic imine (C=N–C) groups is 1. The zero-order chi connectivity index (χ0) is 37.0. The van der Waals surface area contributed by atoms with Crippen molar-refractivity contribution in [2.45, 2.75) is 62.3 Å². The Bertz CT molecular complexity index is 1680. The van der Waals surface area contributed by atoms with E-state index in [1.165, 1.54) is 42.5 Å². The number of carbonyl (C=O) groups is 2. The van der Waals surface area contributed by atoms with E-state index < -0.39 is 54.4 Å². The molecule has 2 aromatic rings. The number of phenols is 1. The Balaban J connectivity index is 1.43. The normalized spacial score (nSPS) is 27.6. The van der Waals surface area contributed by atoms with Crippen LogP contribution in [0.2, 0.25) is 0 Å². The molecule has 3 aliphatic heterocycles. The van der Waals surface area contributed by atoms with Gasteiger partial charge < -0.3 is 61.0 Å². The monoisotopic (exact) mass is 712 g/mol. The van der Waals surface area contributed by atoms with Gasteiger partial charge in [-0.05, 0) is 73.7 Å². The van der Waals surface area contributed by atoms with Crippen molar-refractivity contribution < 1.29 is 59.5 Å². The number of carboxylic acid groups (broad SMARTS) is 1. The largest absolute Gasteiger partial charge is 0.508 e. The number of nitrogens with zero attached hydrogens (tertiary/aromatic N) is 1. The van der Waals surface area contributed by atoms with Gasteiger partial charge in [0.1, 0.15) is 41.4 Å². The number of hydrogen-bond acceptors (Lipinski definition) is 14. The number of nitrogens with two attached hydrogens (primary N) is 1. The van der Waals surface area contributed by atoms with Gasteiger partial charge in [0.15, 0.2) is 11.7 Å². The molecular formula is C35H44N4O12. The summed E-state index contributed by atoms with van der Waals surface area (Å²) in [5.74, 6) is -3.21. The predicted molar refractivity (Wildman–Crippen MR) is 183 cm³/mol. The number of carbonyl (C=O) groups excluding carboxylic acids is 1. The summed E-state index contributed by atoms with van der Waals surface area (Å²) in [6.07, 6.45) is -6.92. The van der Waals surface area contributed by atoms with Crippen LogP contribution in [0.15, 0.2) is 59.1 Å². The second-order valence-electron chi connectivity index (χ2n) is 13.0. The number of nitrogens with one attached hydrogen (secondary N) is 2. The average molecular weight is 713 g/mol. The fourth-order valence-electron chi connectivity index (χ4n) is 6.44. The smallest absolute Gasteiger partial charge is 0.335 e. The molecular weight excluding hydrogens is 668 g/mol. The van der Waals surface area contributed by atoms with Crippen LogP contribution in [0.5, 0.6) is 17.2 Å². The number of aliphatic hydroxyl groups is 5. The first kappa shape index (κ1) is 37.7. The predicted octanol–water partition coefficient (Wildman–Crippen LogP) is -0.123. The van der Waals surface area contributed by atoms with E-state index in [0.717, 1.165) is 18.5 Å². The van der Waals surface area contributed by atoms with E-state index in [1.54, 1.807) is 6.21 Å². The van der Waals surface area contributed by atoms with Gasteiger partial charge in [-0.1, -0.05) is 25.1 Å². The number of aliphatic hydroxyl groups excluding tert-OH is 4. The van der Waals surface area contributed by atoms with Crippen molar-refractivity contribution in [2.75, 3.05) is 26.7 Å². The van der Waals surface area contributed by atoms with Gasteiger partial charge in [0.05, 0.1) is 17.7 Å². The Hall–Kier alpha value is -4.55. The highest BCUT2D eigenvalue weighted by Gasteiger charge is 2.62. The van der Waals surface area contributed by atoms with Crippen LogP contribution in [0.4, 0.5) is 0 Å². The minimum atomic E-state index is -2.83. The maximum atomic E-state index is 12.5. The number of aromatic hydroxyl groups is 1. The van der Waals surface area contributed by atoms with Gasteiger partial charge in [-0.25, -0.2) is 4.79 Å². The van der Waals surface area contributed by atoms with E-state index in [2.05, 4.69) is 15.6 Å². The van der Waals surface area contributed by atoms with Crippen molar-refractivity contribution in [3.05, 3.63) is 65.2 Å². The Morgan fingerprint density at radius 1 is 1.16 bits per heavy atom. The molecule has 5 rings (SSSR count). The molecule has 0 aliphatic carbocycles. The van der Waals surface area contributed by atoms with Crippen LogP contribution < -0.4 is 25.8 Å². The van der Waals surface area contributed by atoms with E-state index in [9.17, 15) is 45.3 Å². The molecule has 16 nitrogen and oxygen atoms in total. The molecule has 0 saturated carbocycles. The molecule has 0 radical (unpaired) electrons. The summed E-state index contributed by atoms with van der Waals surface area (Å²) in [6.45, 7) is 3.48. The number of phenolic OH excluding ortho intramolecular Hbond substituents is 1. The van der Waals surface area contributed by atoms with Gasteiger partial charge in [-0.2, -0.15) is 0 Å². The number of carboxylic acids is 1. The molecule has 3 heterocycles. The molecule has 0 spiro atoms. The maximum absolute atomic E-state index is 12.5. The zero-order valence-corrected chi connectivity index (χ0v) is 28.0. The number of fused-ring (bicyclic) bond motifs is 1. The third-order valence-electron chi connectivity index (χ3n) is 9.53. The summed E-state index contributed by atoms with van der Waals surface area (Å²) in [6, 6.07) is 9.52. The third-order valence-corrected chi connectivity index (χ3v) is 9.53. The lowest BCUT2D eigenvalue weighted by Crippen LogP contribution is -2.75. The highest BCUT2D eigenvalue weighted by Crippen LogP contribution is 2.42. The number of rotatable bonds is 15. The van der Waals surface area contributed by atoms with Crippen molar-refractivity contribution in [3.8, 4) is 17.2 Å². The summed E-state index contributed by atoms with van der Waals surface area (Å²) in [7, 11) is 1.84. The lowest BCUT2D eigenvalue weighted by Gasteiger charge is -2.48. The Morgan fingerprint density at radius 2 is 1.88 bits per heavy atom. The van der Waals surface area contributed by atoms with Gasteiger partial charge in [0, 0.05) is 18.8 Å².